The molecule has 120 valence electrons. The van der Waals surface area contributed by atoms with Crippen molar-refractivity contribution in [2.75, 3.05) is 25.4 Å². The van der Waals surface area contributed by atoms with Gasteiger partial charge in [0.2, 0.25) is 10.0 Å². The van der Waals surface area contributed by atoms with E-state index < -0.39 is 10.0 Å². The Morgan fingerprint density at radius 3 is 2.62 bits per heavy atom. The molecule has 1 aromatic rings. The summed E-state index contributed by atoms with van der Waals surface area (Å²) in [5, 5.41) is 3.28. The maximum absolute atomic E-state index is 11.8. The van der Waals surface area contributed by atoms with Crippen molar-refractivity contribution >= 4 is 10.0 Å². The Balaban J connectivity index is 2.17. The van der Waals surface area contributed by atoms with Crippen LogP contribution in [0.1, 0.15) is 37.3 Å². The molecule has 0 saturated heterocycles. The monoisotopic (exact) mass is 312 g/mol. The summed E-state index contributed by atoms with van der Waals surface area (Å²) in [6.45, 7) is 6.53. The molecule has 0 bridgehead atoms. The third kappa shape index (κ3) is 8.86. The maximum Gasteiger partial charge on any atom is 0.211 e. The smallest absolute Gasteiger partial charge is 0.211 e. The molecule has 0 heterocycles. The molecule has 2 N–H and O–H groups in total. The van der Waals surface area contributed by atoms with E-state index in [0.717, 1.165) is 32.4 Å². The van der Waals surface area contributed by atoms with E-state index in [2.05, 4.69) is 23.0 Å². The van der Waals surface area contributed by atoms with Crippen molar-refractivity contribution < 1.29 is 8.42 Å². The molecule has 0 radical (unpaired) electrons. The van der Waals surface area contributed by atoms with Gasteiger partial charge in [0.05, 0.1) is 5.75 Å². The first-order valence-electron chi connectivity index (χ1n) is 7.77. The van der Waals surface area contributed by atoms with Crippen LogP contribution in [0, 0.1) is 6.92 Å². The highest BCUT2D eigenvalue weighted by Gasteiger charge is 2.08. The van der Waals surface area contributed by atoms with Gasteiger partial charge < -0.3 is 5.32 Å². The minimum Gasteiger partial charge on any atom is -0.317 e. The second-order valence-electron chi connectivity index (χ2n) is 5.41. The third-order valence-corrected chi connectivity index (χ3v) is 4.73. The first-order chi connectivity index (χ1) is 10.0. The Labute approximate surface area is 129 Å². The van der Waals surface area contributed by atoms with Crippen LogP contribution in [0.2, 0.25) is 0 Å². The molecule has 0 fully saturated rings. The normalized spacial score (nSPS) is 11.7. The van der Waals surface area contributed by atoms with Crippen molar-refractivity contribution in [3.8, 4) is 0 Å². The minimum atomic E-state index is -3.13. The maximum atomic E-state index is 11.8. The number of sulfonamides is 1. The minimum absolute atomic E-state index is 0.217. The summed E-state index contributed by atoms with van der Waals surface area (Å²) in [5.74, 6) is 0.217. The molecule has 0 aliphatic rings. The number of benzene rings is 1. The van der Waals surface area contributed by atoms with Crippen LogP contribution in [-0.4, -0.2) is 33.8 Å². The van der Waals surface area contributed by atoms with Crippen molar-refractivity contribution in [2.45, 2.75) is 39.5 Å². The summed E-state index contributed by atoms with van der Waals surface area (Å²) in [7, 11) is -3.13. The molecular formula is C16H28N2O2S. The lowest BCUT2D eigenvalue weighted by Gasteiger charge is -2.07. The highest BCUT2D eigenvalue weighted by molar-refractivity contribution is 7.89. The van der Waals surface area contributed by atoms with Gasteiger partial charge in [-0.15, -0.1) is 0 Å². The molecule has 0 unspecified atom stereocenters. The standard InChI is InChI=1S/C16H28N2O2S/c1-3-10-17-11-4-5-13-21(19,20)18-12-9-16-8-6-7-15(2)14-16/h6-8,14,17-18H,3-5,9-13H2,1-2H3. The summed E-state index contributed by atoms with van der Waals surface area (Å²) in [6, 6.07) is 8.16. The molecule has 0 amide bonds. The van der Waals surface area contributed by atoms with Crippen LogP contribution in [-0.2, 0) is 16.4 Å². The van der Waals surface area contributed by atoms with Crippen molar-refractivity contribution in [1.82, 2.24) is 10.0 Å². The molecule has 1 aromatic carbocycles. The summed E-state index contributed by atoms with van der Waals surface area (Å²) < 4.78 is 26.4. The van der Waals surface area contributed by atoms with E-state index in [1.807, 2.05) is 25.1 Å². The van der Waals surface area contributed by atoms with Crippen molar-refractivity contribution in [3.05, 3.63) is 35.4 Å². The largest absolute Gasteiger partial charge is 0.317 e. The van der Waals surface area contributed by atoms with E-state index in [1.165, 1.54) is 11.1 Å². The number of nitrogens with one attached hydrogen (secondary N) is 2. The van der Waals surface area contributed by atoms with Crippen molar-refractivity contribution in [2.24, 2.45) is 0 Å². The summed E-state index contributed by atoms with van der Waals surface area (Å²) in [6.07, 6.45) is 3.45. The second kappa shape index (κ2) is 9.92. The van der Waals surface area contributed by atoms with Gasteiger partial charge in [0.1, 0.15) is 0 Å². The summed E-state index contributed by atoms with van der Waals surface area (Å²) >= 11 is 0. The predicted molar refractivity (Wildman–Crippen MR) is 89.1 cm³/mol. The Hall–Kier alpha value is -0.910. The molecule has 0 spiro atoms. The molecule has 4 nitrogen and oxygen atoms in total. The topological polar surface area (TPSA) is 58.2 Å². The van der Waals surface area contributed by atoms with Gasteiger partial charge in [-0.1, -0.05) is 36.8 Å². The van der Waals surface area contributed by atoms with Crippen LogP contribution in [0.4, 0.5) is 0 Å². The quantitative estimate of drug-likeness (QED) is 0.616. The van der Waals surface area contributed by atoms with Gasteiger partial charge in [-0.05, 0) is 51.3 Å². The summed E-state index contributed by atoms with van der Waals surface area (Å²) in [5.41, 5.74) is 2.37. The molecule has 0 aromatic heterocycles. The second-order valence-corrected chi connectivity index (χ2v) is 7.34. The van der Waals surface area contributed by atoms with Crippen LogP contribution in [0.5, 0.6) is 0 Å². The number of hydrogen-bond acceptors (Lipinski definition) is 3. The summed E-state index contributed by atoms with van der Waals surface area (Å²) in [4.78, 5) is 0. The fourth-order valence-corrected chi connectivity index (χ4v) is 3.28. The fourth-order valence-electron chi connectivity index (χ4n) is 2.13. The Morgan fingerprint density at radius 1 is 1.10 bits per heavy atom. The zero-order valence-corrected chi connectivity index (χ0v) is 14.0. The molecule has 5 heteroatoms. The lowest BCUT2D eigenvalue weighted by Crippen LogP contribution is -2.28. The van der Waals surface area contributed by atoms with Gasteiger partial charge in [0.25, 0.3) is 0 Å². The van der Waals surface area contributed by atoms with Gasteiger partial charge in [-0.25, -0.2) is 13.1 Å². The molecule has 0 saturated carbocycles. The zero-order valence-electron chi connectivity index (χ0n) is 13.2. The van der Waals surface area contributed by atoms with Crippen molar-refractivity contribution in [3.63, 3.8) is 0 Å². The van der Waals surface area contributed by atoms with E-state index in [9.17, 15) is 8.42 Å². The first kappa shape index (κ1) is 18.1. The Bertz CT molecular complexity index is 501. The third-order valence-electron chi connectivity index (χ3n) is 3.26. The zero-order chi connectivity index (χ0) is 15.6. The van der Waals surface area contributed by atoms with Crippen molar-refractivity contribution in [1.29, 1.82) is 0 Å². The number of aryl methyl sites for hydroxylation is 1. The molecular weight excluding hydrogens is 284 g/mol. The van der Waals surface area contributed by atoms with E-state index >= 15 is 0 Å². The SMILES string of the molecule is CCCNCCCCS(=O)(=O)NCCc1cccc(C)c1. The lowest BCUT2D eigenvalue weighted by molar-refractivity contribution is 0.573. The van der Waals surface area contributed by atoms with Crippen LogP contribution in [0.15, 0.2) is 24.3 Å². The Kier molecular flexibility index (Phi) is 8.57. The van der Waals surface area contributed by atoms with Crippen LogP contribution in [0.3, 0.4) is 0 Å². The highest BCUT2D eigenvalue weighted by Crippen LogP contribution is 2.04. The van der Waals surface area contributed by atoms with Gasteiger partial charge >= 0.3 is 0 Å². The van der Waals surface area contributed by atoms with Crippen LogP contribution < -0.4 is 10.0 Å². The Morgan fingerprint density at radius 2 is 1.90 bits per heavy atom. The number of hydrogen-bond donors (Lipinski definition) is 2. The van der Waals surface area contributed by atoms with Gasteiger partial charge in [-0.3, -0.25) is 0 Å². The highest BCUT2D eigenvalue weighted by atomic mass is 32.2. The average molecular weight is 312 g/mol. The van der Waals surface area contributed by atoms with Gasteiger partial charge in [0.15, 0.2) is 0 Å². The average Bonchev–Trinajstić information content (AvgIpc) is 2.42. The fraction of sp³-hybridized carbons (Fsp3) is 0.625. The van der Waals surface area contributed by atoms with Gasteiger partial charge in [0, 0.05) is 6.54 Å². The number of unbranched alkanes of at least 4 members (excludes halogenated alkanes) is 1. The van der Waals surface area contributed by atoms with E-state index in [4.69, 9.17) is 0 Å². The van der Waals surface area contributed by atoms with Gasteiger partial charge in [-0.2, -0.15) is 0 Å². The molecule has 0 aliphatic carbocycles. The number of rotatable bonds is 11. The molecule has 1 rings (SSSR count). The van der Waals surface area contributed by atoms with Crippen LogP contribution in [0.25, 0.3) is 0 Å². The predicted octanol–water partition coefficient (Wildman–Crippen LogP) is 2.24. The first-order valence-corrected chi connectivity index (χ1v) is 9.42. The molecule has 0 aliphatic heterocycles. The van der Waals surface area contributed by atoms with E-state index in [0.29, 0.717) is 13.0 Å². The molecule has 0 atom stereocenters. The lowest BCUT2D eigenvalue weighted by atomic mass is 10.1. The van der Waals surface area contributed by atoms with E-state index in [1.54, 1.807) is 0 Å². The van der Waals surface area contributed by atoms with E-state index in [-0.39, 0.29) is 5.75 Å². The van der Waals surface area contributed by atoms with Crippen LogP contribution >= 0.6 is 0 Å². The molecule has 21 heavy (non-hydrogen) atoms.